The second kappa shape index (κ2) is 9.67. The molecule has 0 aliphatic heterocycles. The van der Waals surface area contributed by atoms with Gasteiger partial charge in [0.05, 0.1) is 28.7 Å². The number of aliphatic carboxylic acids is 1. The van der Waals surface area contributed by atoms with Crippen LogP contribution in [-0.2, 0) is 4.79 Å². The summed E-state index contributed by atoms with van der Waals surface area (Å²) in [5.41, 5.74) is 1.39. The fourth-order valence-corrected chi connectivity index (χ4v) is 4.27. The maximum Gasteiger partial charge on any atom is 0.341 e. The van der Waals surface area contributed by atoms with Gasteiger partial charge in [0.15, 0.2) is 23.9 Å². The molecule has 5 rings (SSSR count). The van der Waals surface area contributed by atoms with Crippen molar-refractivity contribution in [3.63, 3.8) is 0 Å². The number of rotatable bonds is 7. The largest absolute Gasteiger partial charge is 0.493 e. The Kier molecular flexibility index (Phi) is 6.26. The van der Waals surface area contributed by atoms with Crippen LogP contribution in [0.25, 0.3) is 33.5 Å². The molecule has 0 atom stereocenters. The van der Waals surface area contributed by atoms with E-state index in [1.807, 2.05) is 36.4 Å². The molecule has 1 N–H and O–H groups in total. The second-order valence-electron chi connectivity index (χ2n) is 7.68. The molecule has 180 valence electrons. The summed E-state index contributed by atoms with van der Waals surface area (Å²) in [6, 6.07) is 19.6. The highest BCUT2D eigenvalue weighted by atomic mass is 79.9. The molecule has 9 nitrogen and oxygen atoms in total. The molecule has 0 aliphatic carbocycles. The van der Waals surface area contributed by atoms with Crippen molar-refractivity contribution in [1.29, 1.82) is 0 Å². The first-order chi connectivity index (χ1) is 17.4. The van der Waals surface area contributed by atoms with E-state index in [-0.39, 0.29) is 17.1 Å². The first-order valence-corrected chi connectivity index (χ1v) is 11.5. The van der Waals surface area contributed by atoms with Gasteiger partial charge in [-0.15, -0.1) is 0 Å². The highest BCUT2D eigenvalue weighted by molar-refractivity contribution is 9.10. The SMILES string of the molecule is COc1cc(C=Nn2c(-c3cc4ccccc4o3)nc3ccccc3c2=O)cc(Br)c1OCC(=O)O. The third-order valence-corrected chi connectivity index (χ3v) is 5.90. The molecule has 0 fully saturated rings. The van der Waals surface area contributed by atoms with Crippen molar-refractivity contribution in [3.8, 4) is 23.1 Å². The van der Waals surface area contributed by atoms with E-state index in [4.69, 9.17) is 19.0 Å². The number of hydrogen-bond donors (Lipinski definition) is 1. The molecule has 0 amide bonds. The number of halogens is 1. The number of benzene rings is 3. The van der Waals surface area contributed by atoms with Crippen molar-refractivity contribution in [3.05, 3.63) is 87.1 Å². The summed E-state index contributed by atoms with van der Waals surface area (Å²) in [5.74, 6) is 0.0694. The molecular weight excluding hydrogens is 530 g/mol. The van der Waals surface area contributed by atoms with E-state index in [2.05, 4.69) is 26.0 Å². The third kappa shape index (κ3) is 4.46. The Bertz CT molecular complexity index is 1670. The van der Waals surface area contributed by atoms with Crippen molar-refractivity contribution in [1.82, 2.24) is 9.66 Å². The predicted octanol–water partition coefficient (Wildman–Crippen LogP) is 4.93. The smallest absolute Gasteiger partial charge is 0.341 e. The highest BCUT2D eigenvalue weighted by Gasteiger charge is 2.17. The minimum absolute atomic E-state index is 0.240. The van der Waals surface area contributed by atoms with Gasteiger partial charge in [0.1, 0.15) is 5.58 Å². The van der Waals surface area contributed by atoms with E-state index in [0.717, 1.165) is 5.39 Å². The third-order valence-electron chi connectivity index (χ3n) is 5.31. The monoisotopic (exact) mass is 547 g/mol. The van der Waals surface area contributed by atoms with E-state index in [1.165, 1.54) is 18.0 Å². The molecule has 2 aromatic heterocycles. The Labute approximate surface area is 212 Å². The van der Waals surface area contributed by atoms with Gasteiger partial charge in [0.25, 0.3) is 5.56 Å². The molecule has 0 bridgehead atoms. The van der Waals surface area contributed by atoms with Gasteiger partial charge in [-0.25, -0.2) is 9.78 Å². The Morgan fingerprint density at radius 1 is 1.17 bits per heavy atom. The van der Waals surface area contributed by atoms with Crippen molar-refractivity contribution < 1.29 is 23.8 Å². The van der Waals surface area contributed by atoms with Crippen molar-refractivity contribution in [2.24, 2.45) is 5.10 Å². The molecule has 10 heteroatoms. The quantitative estimate of drug-likeness (QED) is 0.287. The van der Waals surface area contributed by atoms with Crippen LogP contribution in [0, 0.1) is 0 Å². The van der Waals surface area contributed by atoms with Crippen molar-refractivity contribution in [2.45, 2.75) is 0 Å². The lowest BCUT2D eigenvalue weighted by atomic mass is 10.2. The number of fused-ring (bicyclic) bond motifs is 2. The van der Waals surface area contributed by atoms with Gasteiger partial charge >= 0.3 is 5.97 Å². The van der Waals surface area contributed by atoms with Gasteiger partial charge in [0.2, 0.25) is 5.82 Å². The van der Waals surface area contributed by atoms with Gasteiger partial charge in [0, 0.05) is 5.39 Å². The fraction of sp³-hybridized carbons (Fsp3) is 0.0769. The first kappa shape index (κ1) is 23.3. The number of hydrogen-bond acceptors (Lipinski definition) is 7. The van der Waals surface area contributed by atoms with Gasteiger partial charge < -0.3 is 19.0 Å². The van der Waals surface area contributed by atoms with Crippen LogP contribution in [0.5, 0.6) is 11.5 Å². The number of nitrogens with zero attached hydrogens (tertiary/aromatic N) is 3. The molecule has 36 heavy (non-hydrogen) atoms. The zero-order valence-corrected chi connectivity index (χ0v) is 20.4. The number of aromatic nitrogens is 2. The molecular formula is C26H18BrN3O6. The summed E-state index contributed by atoms with van der Waals surface area (Å²) in [6.07, 6.45) is 1.47. The van der Waals surface area contributed by atoms with Crippen LogP contribution in [0.2, 0.25) is 0 Å². The van der Waals surface area contributed by atoms with E-state index in [1.54, 1.807) is 30.3 Å². The number of carbonyl (C=O) groups is 1. The number of para-hydroxylation sites is 2. The predicted molar refractivity (Wildman–Crippen MR) is 138 cm³/mol. The molecule has 5 aromatic rings. The number of methoxy groups -OCH3 is 1. The lowest BCUT2D eigenvalue weighted by Gasteiger charge is -2.12. The van der Waals surface area contributed by atoms with E-state index in [9.17, 15) is 9.59 Å². The van der Waals surface area contributed by atoms with E-state index in [0.29, 0.717) is 38.0 Å². The van der Waals surface area contributed by atoms with E-state index >= 15 is 0 Å². The maximum atomic E-state index is 13.4. The lowest BCUT2D eigenvalue weighted by Crippen LogP contribution is -2.20. The van der Waals surface area contributed by atoms with Crippen LogP contribution in [0.4, 0.5) is 0 Å². The molecule has 3 aromatic carbocycles. The van der Waals surface area contributed by atoms with Gasteiger partial charge in [-0.1, -0.05) is 30.3 Å². The molecule has 2 heterocycles. The highest BCUT2D eigenvalue weighted by Crippen LogP contribution is 2.36. The molecule has 0 saturated heterocycles. The minimum atomic E-state index is -1.11. The standard InChI is InChI=1S/C26H18BrN3O6/c1-34-21-11-15(10-18(27)24(21)35-14-23(31)32)13-28-30-25(22-12-16-6-2-5-9-20(16)36-22)29-19-8-4-3-7-17(19)26(30)33/h2-13H,14H2,1H3,(H,31,32). The first-order valence-electron chi connectivity index (χ1n) is 10.7. The summed E-state index contributed by atoms with van der Waals surface area (Å²) >= 11 is 3.38. The minimum Gasteiger partial charge on any atom is -0.493 e. The topological polar surface area (TPSA) is 116 Å². The Morgan fingerprint density at radius 3 is 2.72 bits per heavy atom. The zero-order chi connectivity index (χ0) is 25.2. The fourth-order valence-electron chi connectivity index (χ4n) is 3.70. The second-order valence-corrected chi connectivity index (χ2v) is 8.53. The molecule has 0 spiro atoms. The molecule has 0 aliphatic rings. The Balaban J connectivity index is 1.63. The van der Waals surface area contributed by atoms with Crippen LogP contribution in [-0.4, -0.2) is 40.7 Å². The number of carboxylic acids is 1. The molecule has 0 unspecified atom stereocenters. The van der Waals surface area contributed by atoms with Gasteiger partial charge in [-0.05, 0) is 57.9 Å². The Hall–Kier alpha value is -4.44. The molecule has 0 saturated carbocycles. The van der Waals surface area contributed by atoms with Crippen LogP contribution in [0.15, 0.2) is 85.5 Å². The van der Waals surface area contributed by atoms with Crippen LogP contribution < -0.4 is 15.0 Å². The van der Waals surface area contributed by atoms with Gasteiger partial charge in [-0.3, -0.25) is 4.79 Å². The summed E-state index contributed by atoms with van der Waals surface area (Å²) in [7, 11) is 1.44. The summed E-state index contributed by atoms with van der Waals surface area (Å²) in [5, 5.41) is 14.6. The molecule has 0 radical (unpaired) electrons. The Morgan fingerprint density at radius 2 is 1.94 bits per heavy atom. The summed E-state index contributed by atoms with van der Waals surface area (Å²) in [6.45, 7) is -0.526. The van der Waals surface area contributed by atoms with Gasteiger partial charge in [-0.2, -0.15) is 9.78 Å². The van der Waals surface area contributed by atoms with Crippen molar-refractivity contribution in [2.75, 3.05) is 13.7 Å². The number of furan rings is 1. The zero-order valence-electron chi connectivity index (χ0n) is 18.8. The van der Waals surface area contributed by atoms with Crippen molar-refractivity contribution >= 4 is 50.0 Å². The van der Waals surface area contributed by atoms with Crippen LogP contribution >= 0.6 is 15.9 Å². The lowest BCUT2D eigenvalue weighted by molar-refractivity contribution is -0.139. The number of carboxylic acid groups (broad SMARTS) is 1. The normalized spacial score (nSPS) is 11.4. The average molecular weight is 548 g/mol. The average Bonchev–Trinajstić information content (AvgIpc) is 3.31. The van der Waals surface area contributed by atoms with E-state index < -0.39 is 12.6 Å². The van der Waals surface area contributed by atoms with Crippen LogP contribution in [0.3, 0.4) is 0 Å². The summed E-state index contributed by atoms with van der Waals surface area (Å²) in [4.78, 5) is 29.0. The number of ether oxygens (including phenoxy) is 2. The summed E-state index contributed by atoms with van der Waals surface area (Å²) < 4.78 is 18.3. The maximum absolute atomic E-state index is 13.4. The van der Waals surface area contributed by atoms with Crippen LogP contribution in [0.1, 0.15) is 5.56 Å².